The second-order valence-corrected chi connectivity index (χ2v) is 7.98. The summed E-state index contributed by atoms with van der Waals surface area (Å²) in [5, 5.41) is 21.9. The Kier molecular flexibility index (Phi) is 7.02. The highest BCUT2D eigenvalue weighted by Gasteiger charge is 2.23. The standard InChI is InChI=1S/C17H18N4O8S/c1-19(2)15-7-6-14(9-16(15)21(25)26)30(27,28)18-10-17(22)29-11-12-4-3-5-13(8-12)20(23)24/h3-9,18H,10-11H2,1-2H3. The molecule has 0 aliphatic carbocycles. The van der Waals surface area contributed by atoms with E-state index in [0.717, 1.165) is 6.07 Å². The number of anilines is 1. The third-order valence-electron chi connectivity index (χ3n) is 3.86. The van der Waals surface area contributed by atoms with Gasteiger partial charge in [0, 0.05) is 32.3 Å². The number of esters is 1. The number of nitro benzene ring substituents is 2. The molecule has 0 aromatic heterocycles. The number of hydrogen-bond donors (Lipinski definition) is 1. The second kappa shape index (κ2) is 9.28. The van der Waals surface area contributed by atoms with Crippen LogP contribution in [0.4, 0.5) is 17.1 Å². The van der Waals surface area contributed by atoms with Crippen molar-refractivity contribution in [2.24, 2.45) is 0 Å². The van der Waals surface area contributed by atoms with Crippen LogP contribution in [0.5, 0.6) is 0 Å². The molecular weight excluding hydrogens is 420 g/mol. The lowest BCUT2D eigenvalue weighted by atomic mass is 10.2. The van der Waals surface area contributed by atoms with E-state index in [4.69, 9.17) is 4.74 Å². The van der Waals surface area contributed by atoms with E-state index in [9.17, 15) is 33.4 Å². The van der Waals surface area contributed by atoms with Crippen molar-refractivity contribution in [2.75, 3.05) is 25.5 Å². The van der Waals surface area contributed by atoms with Crippen LogP contribution < -0.4 is 9.62 Å². The van der Waals surface area contributed by atoms with E-state index >= 15 is 0 Å². The van der Waals surface area contributed by atoms with Crippen LogP contribution in [-0.4, -0.2) is 44.9 Å². The molecule has 30 heavy (non-hydrogen) atoms. The van der Waals surface area contributed by atoms with Crippen molar-refractivity contribution in [1.29, 1.82) is 0 Å². The van der Waals surface area contributed by atoms with Gasteiger partial charge in [-0.1, -0.05) is 12.1 Å². The Balaban J connectivity index is 2.03. The lowest BCUT2D eigenvalue weighted by Crippen LogP contribution is -2.30. The highest BCUT2D eigenvalue weighted by atomic mass is 32.2. The van der Waals surface area contributed by atoms with E-state index in [2.05, 4.69) is 0 Å². The van der Waals surface area contributed by atoms with Crippen molar-refractivity contribution in [2.45, 2.75) is 11.5 Å². The fraction of sp³-hybridized carbons (Fsp3) is 0.235. The summed E-state index contributed by atoms with van der Waals surface area (Å²) < 4.78 is 31.6. The fourth-order valence-corrected chi connectivity index (χ4v) is 3.40. The van der Waals surface area contributed by atoms with E-state index in [1.807, 2.05) is 4.72 Å². The van der Waals surface area contributed by atoms with Crippen molar-refractivity contribution < 1.29 is 27.8 Å². The van der Waals surface area contributed by atoms with E-state index in [-0.39, 0.29) is 22.9 Å². The summed E-state index contributed by atoms with van der Waals surface area (Å²) in [7, 11) is -1.07. The van der Waals surface area contributed by atoms with Gasteiger partial charge in [-0.25, -0.2) is 8.42 Å². The lowest BCUT2D eigenvalue weighted by molar-refractivity contribution is -0.385. The highest BCUT2D eigenvalue weighted by Crippen LogP contribution is 2.29. The summed E-state index contributed by atoms with van der Waals surface area (Å²) in [6.07, 6.45) is 0. The number of nitro groups is 2. The third-order valence-corrected chi connectivity index (χ3v) is 5.26. The Hall–Kier alpha value is -3.58. The number of hydrogen-bond acceptors (Lipinski definition) is 9. The zero-order valence-electron chi connectivity index (χ0n) is 16.0. The van der Waals surface area contributed by atoms with Gasteiger partial charge in [-0.15, -0.1) is 0 Å². The van der Waals surface area contributed by atoms with Crippen molar-refractivity contribution >= 4 is 33.1 Å². The molecule has 0 radical (unpaired) electrons. The van der Waals surface area contributed by atoms with E-state index in [1.54, 1.807) is 14.1 Å². The molecule has 0 bridgehead atoms. The number of nitrogens with one attached hydrogen (secondary N) is 1. The average Bonchev–Trinajstić information content (AvgIpc) is 2.70. The molecule has 160 valence electrons. The predicted octanol–water partition coefficient (Wildman–Crippen LogP) is 1.59. The monoisotopic (exact) mass is 438 g/mol. The number of carbonyl (C=O) groups excluding carboxylic acids is 1. The van der Waals surface area contributed by atoms with Crippen LogP contribution in [0, 0.1) is 20.2 Å². The molecule has 0 aliphatic heterocycles. The van der Waals surface area contributed by atoms with Gasteiger partial charge in [0.1, 0.15) is 18.8 Å². The normalized spacial score (nSPS) is 11.0. The van der Waals surface area contributed by atoms with Gasteiger partial charge >= 0.3 is 5.97 Å². The SMILES string of the molecule is CN(C)c1ccc(S(=O)(=O)NCC(=O)OCc2cccc([N+](=O)[O-])c2)cc1[N+](=O)[O-]. The predicted molar refractivity (Wildman–Crippen MR) is 106 cm³/mol. The summed E-state index contributed by atoms with van der Waals surface area (Å²) in [6.45, 7) is -1.01. The van der Waals surface area contributed by atoms with Crippen molar-refractivity contribution in [3.8, 4) is 0 Å². The zero-order valence-corrected chi connectivity index (χ0v) is 16.8. The first-order chi connectivity index (χ1) is 14.0. The summed E-state index contributed by atoms with van der Waals surface area (Å²) >= 11 is 0. The van der Waals surface area contributed by atoms with E-state index in [0.29, 0.717) is 5.56 Å². The molecule has 0 unspecified atom stereocenters. The van der Waals surface area contributed by atoms with Gasteiger partial charge in [-0.3, -0.25) is 25.0 Å². The fourth-order valence-electron chi connectivity index (χ4n) is 2.41. The average molecular weight is 438 g/mol. The maximum Gasteiger partial charge on any atom is 0.321 e. The minimum atomic E-state index is -4.22. The number of sulfonamides is 1. The quantitative estimate of drug-likeness (QED) is 0.348. The van der Waals surface area contributed by atoms with Gasteiger partial charge in [0.05, 0.1) is 14.7 Å². The molecule has 2 rings (SSSR count). The number of non-ortho nitro benzene ring substituents is 1. The molecule has 0 fully saturated rings. The van der Waals surface area contributed by atoms with Gasteiger partial charge in [0.2, 0.25) is 10.0 Å². The maximum atomic E-state index is 12.4. The van der Waals surface area contributed by atoms with Crippen LogP contribution in [0.2, 0.25) is 0 Å². The summed E-state index contributed by atoms with van der Waals surface area (Å²) in [4.78, 5) is 33.6. The van der Waals surface area contributed by atoms with Crippen LogP contribution in [0.3, 0.4) is 0 Å². The first-order valence-electron chi connectivity index (χ1n) is 8.35. The van der Waals surface area contributed by atoms with Crippen LogP contribution >= 0.6 is 0 Å². The van der Waals surface area contributed by atoms with Crippen LogP contribution in [0.15, 0.2) is 47.4 Å². The molecule has 0 saturated heterocycles. The van der Waals surface area contributed by atoms with Gasteiger partial charge in [0.15, 0.2) is 0 Å². The number of rotatable bonds is 9. The van der Waals surface area contributed by atoms with Crippen molar-refractivity contribution in [1.82, 2.24) is 4.72 Å². The molecule has 13 heteroatoms. The topological polar surface area (TPSA) is 162 Å². The minimum absolute atomic E-state index is 0.174. The van der Waals surface area contributed by atoms with E-state index < -0.39 is 38.1 Å². The van der Waals surface area contributed by atoms with Crippen LogP contribution in [0.1, 0.15) is 5.56 Å². The number of nitrogens with zero attached hydrogens (tertiary/aromatic N) is 3. The van der Waals surface area contributed by atoms with E-state index in [1.165, 1.54) is 41.3 Å². The highest BCUT2D eigenvalue weighted by molar-refractivity contribution is 7.89. The third kappa shape index (κ3) is 5.71. The van der Waals surface area contributed by atoms with Gasteiger partial charge < -0.3 is 9.64 Å². The van der Waals surface area contributed by atoms with Gasteiger partial charge in [-0.05, 0) is 17.7 Å². The molecule has 0 saturated carbocycles. The minimum Gasteiger partial charge on any atom is -0.460 e. The molecule has 2 aromatic carbocycles. The molecule has 2 aromatic rings. The molecule has 1 N–H and O–H groups in total. The molecular formula is C17H18N4O8S. The molecule has 12 nitrogen and oxygen atoms in total. The largest absolute Gasteiger partial charge is 0.460 e. The Labute approximate surface area is 171 Å². The Morgan fingerprint density at radius 1 is 1.10 bits per heavy atom. The zero-order chi connectivity index (χ0) is 22.5. The Morgan fingerprint density at radius 2 is 1.80 bits per heavy atom. The first-order valence-corrected chi connectivity index (χ1v) is 9.84. The molecule has 0 aliphatic rings. The summed E-state index contributed by atoms with van der Waals surface area (Å²) in [5.41, 5.74) is -0.00578. The number of benzene rings is 2. The molecule has 0 spiro atoms. The lowest BCUT2D eigenvalue weighted by Gasteiger charge is -2.13. The molecule has 0 heterocycles. The van der Waals surface area contributed by atoms with Crippen molar-refractivity contribution in [3.63, 3.8) is 0 Å². The van der Waals surface area contributed by atoms with Gasteiger partial charge in [0.25, 0.3) is 11.4 Å². The van der Waals surface area contributed by atoms with Crippen molar-refractivity contribution in [3.05, 3.63) is 68.3 Å². The molecule has 0 atom stereocenters. The van der Waals surface area contributed by atoms with Gasteiger partial charge in [-0.2, -0.15) is 4.72 Å². The first kappa shape index (κ1) is 22.7. The Morgan fingerprint density at radius 3 is 2.40 bits per heavy atom. The number of carbonyl (C=O) groups is 1. The maximum absolute atomic E-state index is 12.4. The van der Waals surface area contributed by atoms with Crippen LogP contribution in [-0.2, 0) is 26.2 Å². The summed E-state index contributed by atoms with van der Waals surface area (Å²) in [5.74, 6) is -0.926. The second-order valence-electron chi connectivity index (χ2n) is 6.21. The van der Waals surface area contributed by atoms with Crippen LogP contribution in [0.25, 0.3) is 0 Å². The smallest absolute Gasteiger partial charge is 0.321 e. The summed E-state index contributed by atoms with van der Waals surface area (Å²) in [6, 6.07) is 8.80. The molecule has 0 amide bonds. The Bertz CT molecular complexity index is 1080. The number of ether oxygens (including phenoxy) is 1.